The maximum Gasteiger partial charge on any atom is 0.344 e. The average molecular weight is 425 g/mol. The van der Waals surface area contributed by atoms with Crippen molar-refractivity contribution in [2.45, 2.75) is 32.4 Å². The van der Waals surface area contributed by atoms with Gasteiger partial charge in [0.1, 0.15) is 11.3 Å². The van der Waals surface area contributed by atoms with Crippen molar-refractivity contribution in [3.63, 3.8) is 0 Å². The van der Waals surface area contributed by atoms with Gasteiger partial charge in [-0.15, -0.1) is 0 Å². The first-order valence-electron chi connectivity index (χ1n) is 10.3. The fourth-order valence-electron chi connectivity index (χ4n) is 3.67. The smallest absolute Gasteiger partial charge is 0.344 e. The lowest BCUT2D eigenvalue weighted by Gasteiger charge is -2.25. The standard InChI is InChI=1S/C23H28N4O4/c1-4-23(18-9-7-6-8-10-18)21(29)27(22(30)24-23)25-20(28)16-26(3)15-17-11-13-19(14-12-17)31-5-2/h6-14H,4-5,15-16H2,1-3H3,(H,24,30)(H,25,28)/t23-/m1/s1. The Kier molecular flexibility index (Phi) is 6.91. The molecule has 164 valence electrons. The molecule has 8 heteroatoms. The number of hydrogen-bond acceptors (Lipinski definition) is 5. The number of urea groups is 1. The molecule has 4 amide bonds. The lowest BCUT2D eigenvalue weighted by Crippen LogP contribution is -2.50. The van der Waals surface area contributed by atoms with E-state index in [-0.39, 0.29) is 6.54 Å². The molecule has 0 unspecified atom stereocenters. The molecule has 2 aromatic carbocycles. The van der Waals surface area contributed by atoms with Crippen molar-refractivity contribution in [3.05, 3.63) is 65.7 Å². The fourth-order valence-corrected chi connectivity index (χ4v) is 3.67. The van der Waals surface area contributed by atoms with Gasteiger partial charge in [0.25, 0.3) is 11.8 Å². The highest BCUT2D eigenvalue weighted by Gasteiger charge is 2.52. The van der Waals surface area contributed by atoms with Gasteiger partial charge in [0.05, 0.1) is 13.2 Å². The minimum Gasteiger partial charge on any atom is -0.494 e. The molecule has 1 atom stereocenters. The van der Waals surface area contributed by atoms with E-state index in [4.69, 9.17) is 4.74 Å². The highest BCUT2D eigenvalue weighted by Crippen LogP contribution is 2.31. The van der Waals surface area contributed by atoms with E-state index in [1.54, 1.807) is 24.1 Å². The first kappa shape index (κ1) is 22.3. The molecule has 8 nitrogen and oxygen atoms in total. The number of benzene rings is 2. The normalized spacial score (nSPS) is 18.3. The average Bonchev–Trinajstić information content (AvgIpc) is 3.01. The SMILES string of the molecule is CCOc1ccc(CN(C)CC(=O)NN2C(=O)N[C@](CC)(c3ccccc3)C2=O)cc1. The summed E-state index contributed by atoms with van der Waals surface area (Å²) in [5, 5.41) is 3.53. The van der Waals surface area contributed by atoms with Crippen molar-refractivity contribution in [1.29, 1.82) is 0 Å². The third-order valence-electron chi connectivity index (χ3n) is 5.23. The summed E-state index contributed by atoms with van der Waals surface area (Å²) in [6, 6.07) is 16.0. The van der Waals surface area contributed by atoms with E-state index in [1.165, 1.54) is 0 Å². The molecule has 0 aromatic heterocycles. The predicted octanol–water partition coefficient (Wildman–Crippen LogP) is 2.41. The highest BCUT2D eigenvalue weighted by atomic mass is 16.5. The summed E-state index contributed by atoms with van der Waals surface area (Å²) in [4.78, 5) is 39.9. The van der Waals surface area contributed by atoms with E-state index in [0.717, 1.165) is 16.3 Å². The van der Waals surface area contributed by atoms with E-state index < -0.39 is 23.4 Å². The first-order chi connectivity index (χ1) is 14.9. The van der Waals surface area contributed by atoms with E-state index in [9.17, 15) is 14.4 Å². The van der Waals surface area contributed by atoms with Crippen molar-refractivity contribution in [2.24, 2.45) is 0 Å². The van der Waals surface area contributed by atoms with Crippen molar-refractivity contribution in [3.8, 4) is 5.75 Å². The van der Waals surface area contributed by atoms with E-state index in [0.29, 0.717) is 25.1 Å². The largest absolute Gasteiger partial charge is 0.494 e. The topological polar surface area (TPSA) is 91.0 Å². The quantitative estimate of drug-likeness (QED) is 0.604. The molecule has 2 aromatic rings. The van der Waals surface area contributed by atoms with Gasteiger partial charge in [-0.05, 0) is 43.7 Å². The molecule has 2 N–H and O–H groups in total. The second-order valence-electron chi connectivity index (χ2n) is 7.48. The second kappa shape index (κ2) is 9.61. The van der Waals surface area contributed by atoms with Crippen LogP contribution in [-0.4, -0.2) is 48.0 Å². The Morgan fingerprint density at radius 2 is 1.77 bits per heavy atom. The molecule has 1 saturated heterocycles. The molecule has 1 aliphatic heterocycles. The summed E-state index contributed by atoms with van der Waals surface area (Å²) in [6.07, 6.45) is 0.367. The number of hydrogen-bond donors (Lipinski definition) is 2. The van der Waals surface area contributed by atoms with Crippen LogP contribution >= 0.6 is 0 Å². The van der Waals surface area contributed by atoms with Gasteiger partial charge in [-0.3, -0.25) is 19.9 Å². The molecule has 1 heterocycles. The Labute approximate surface area is 182 Å². The molecular formula is C23H28N4O4. The lowest BCUT2D eigenvalue weighted by molar-refractivity contribution is -0.139. The van der Waals surface area contributed by atoms with Gasteiger partial charge in [-0.2, -0.15) is 5.01 Å². The number of nitrogens with one attached hydrogen (secondary N) is 2. The summed E-state index contributed by atoms with van der Waals surface area (Å²) in [7, 11) is 1.79. The molecule has 0 bridgehead atoms. The van der Waals surface area contributed by atoms with Crippen molar-refractivity contribution >= 4 is 17.8 Å². The Bertz CT molecular complexity index is 932. The Morgan fingerprint density at radius 3 is 2.39 bits per heavy atom. The van der Waals surface area contributed by atoms with Crippen LogP contribution in [0, 0.1) is 0 Å². The van der Waals surface area contributed by atoms with Gasteiger partial charge < -0.3 is 10.1 Å². The molecule has 3 rings (SSSR count). The van der Waals surface area contributed by atoms with Crippen molar-refractivity contribution in [1.82, 2.24) is 20.7 Å². The summed E-state index contributed by atoms with van der Waals surface area (Å²) < 4.78 is 5.43. The van der Waals surface area contributed by atoms with Crippen LogP contribution in [0.2, 0.25) is 0 Å². The Morgan fingerprint density at radius 1 is 1.10 bits per heavy atom. The molecule has 0 aliphatic carbocycles. The predicted molar refractivity (Wildman–Crippen MR) is 116 cm³/mol. The number of hydrazine groups is 1. The fraction of sp³-hybridized carbons (Fsp3) is 0.348. The highest BCUT2D eigenvalue weighted by molar-refractivity contribution is 6.08. The minimum atomic E-state index is -1.18. The zero-order chi connectivity index (χ0) is 22.4. The number of imide groups is 1. The number of nitrogens with zero attached hydrogens (tertiary/aromatic N) is 2. The zero-order valence-electron chi connectivity index (χ0n) is 18.1. The summed E-state index contributed by atoms with van der Waals surface area (Å²) >= 11 is 0. The van der Waals surface area contributed by atoms with Gasteiger partial charge in [0.2, 0.25) is 0 Å². The number of amides is 4. The Hall–Kier alpha value is -3.39. The van der Waals surface area contributed by atoms with Gasteiger partial charge in [0.15, 0.2) is 0 Å². The van der Waals surface area contributed by atoms with Gasteiger partial charge in [-0.25, -0.2) is 4.79 Å². The molecule has 0 spiro atoms. The van der Waals surface area contributed by atoms with Gasteiger partial charge >= 0.3 is 6.03 Å². The van der Waals surface area contributed by atoms with Crippen LogP contribution < -0.4 is 15.5 Å². The third-order valence-corrected chi connectivity index (χ3v) is 5.23. The van der Waals surface area contributed by atoms with Crippen LogP contribution in [0.1, 0.15) is 31.4 Å². The van der Waals surface area contributed by atoms with E-state index in [1.807, 2.05) is 56.3 Å². The van der Waals surface area contributed by atoms with Gasteiger partial charge in [-0.1, -0.05) is 49.4 Å². The molecule has 1 aliphatic rings. The second-order valence-corrected chi connectivity index (χ2v) is 7.48. The van der Waals surface area contributed by atoms with Crippen LogP contribution in [0.15, 0.2) is 54.6 Å². The van der Waals surface area contributed by atoms with Crippen LogP contribution in [0.4, 0.5) is 4.79 Å². The number of carbonyl (C=O) groups is 3. The molecule has 0 saturated carbocycles. The third kappa shape index (κ3) is 4.86. The van der Waals surface area contributed by atoms with E-state index >= 15 is 0 Å². The lowest BCUT2D eigenvalue weighted by atomic mass is 9.87. The number of carbonyl (C=O) groups excluding carboxylic acids is 3. The summed E-state index contributed by atoms with van der Waals surface area (Å²) in [5.74, 6) is -0.145. The molecular weight excluding hydrogens is 396 g/mol. The maximum absolute atomic E-state index is 13.1. The number of ether oxygens (including phenoxy) is 1. The van der Waals surface area contributed by atoms with Crippen LogP contribution in [0.5, 0.6) is 5.75 Å². The van der Waals surface area contributed by atoms with Crippen molar-refractivity contribution in [2.75, 3.05) is 20.2 Å². The molecule has 31 heavy (non-hydrogen) atoms. The van der Waals surface area contributed by atoms with Crippen LogP contribution in [0.25, 0.3) is 0 Å². The monoisotopic (exact) mass is 424 g/mol. The van der Waals surface area contributed by atoms with Crippen molar-refractivity contribution < 1.29 is 19.1 Å². The van der Waals surface area contributed by atoms with Crippen LogP contribution in [-0.2, 0) is 21.7 Å². The zero-order valence-corrected chi connectivity index (χ0v) is 18.1. The Balaban J connectivity index is 1.61. The summed E-state index contributed by atoms with van der Waals surface area (Å²) in [5.41, 5.74) is 2.97. The minimum absolute atomic E-state index is 0.0226. The molecule has 1 fully saturated rings. The number of likely N-dealkylation sites (N-methyl/N-ethyl adjacent to an activating group) is 1. The summed E-state index contributed by atoms with van der Waals surface area (Å²) in [6.45, 7) is 4.90. The van der Waals surface area contributed by atoms with Crippen LogP contribution in [0.3, 0.4) is 0 Å². The van der Waals surface area contributed by atoms with Gasteiger partial charge in [0, 0.05) is 6.54 Å². The molecule has 0 radical (unpaired) electrons. The van der Waals surface area contributed by atoms with E-state index in [2.05, 4.69) is 10.7 Å². The maximum atomic E-state index is 13.1. The first-order valence-corrected chi connectivity index (χ1v) is 10.3. The number of rotatable bonds is 9.